The summed E-state index contributed by atoms with van der Waals surface area (Å²) in [6.07, 6.45) is 0. The summed E-state index contributed by atoms with van der Waals surface area (Å²) in [5, 5.41) is 2.83. The summed E-state index contributed by atoms with van der Waals surface area (Å²) in [5.74, 6) is -0.317. The number of amides is 1. The molecule has 2 aromatic carbocycles. The fraction of sp³-hybridized carbons (Fsp3) is 0.381. The van der Waals surface area contributed by atoms with Crippen LogP contribution in [0.2, 0.25) is 0 Å². The molecule has 0 aliphatic heterocycles. The van der Waals surface area contributed by atoms with Crippen molar-refractivity contribution in [3.63, 3.8) is 0 Å². The molecule has 0 spiro atoms. The zero-order valence-electron chi connectivity index (χ0n) is 16.7. The van der Waals surface area contributed by atoms with Crippen LogP contribution in [0, 0.1) is 12.3 Å². The highest BCUT2D eigenvalue weighted by Gasteiger charge is 2.27. The van der Waals surface area contributed by atoms with Crippen molar-refractivity contribution in [2.24, 2.45) is 5.41 Å². The maximum atomic E-state index is 13.2. The van der Waals surface area contributed by atoms with Crippen LogP contribution in [-0.4, -0.2) is 31.7 Å². The topological polar surface area (TPSA) is 66.5 Å². The third kappa shape index (κ3) is 6.72. The molecule has 2 rings (SSSR count). The molecule has 0 fully saturated rings. The highest BCUT2D eigenvalue weighted by atomic mass is 79.9. The molecule has 1 amide bonds. The molecule has 0 bridgehead atoms. The Balaban J connectivity index is 2.28. The van der Waals surface area contributed by atoms with Gasteiger partial charge in [0.1, 0.15) is 0 Å². The first kappa shape index (κ1) is 22.6. The average molecular weight is 467 g/mol. The highest BCUT2D eigenvalue weighted by Crippen LogP contribution is 2.20. The average Bonchev–Trinajstić information content (AvgIpc) is 2.61. The minimum Gasteiger partial charge on any atom is -0.354 e. The van der Waals surface area contributed by atoms with E-state index in [1.54, 1.807) is 24.3 Å². The normalized spacial score (nSPS) is 12.2. The Kier molecular flexibility index (Phi) is 7.42. The Hall–Kier alpha value is -1.70. The number of carbonyl (C=O) groups excluding carboxylic acids is 1. The van der Waals surface area contributed by atoms with E-state index >= 15 is 0 Å². The summed E-state index contributed by atoms with van der Waals surface area (Å²) in [6.45, 7) is 8.29. The van der Waals surface area contributed by atoms with Gasteiger partial charge in [-0.15, -0.1) is 0 Å². The second kappa shape index (κ2) is 9.20. The first-order valence-corrected chi connectivity index (χ1v) is 11.3. The van der Waals surface area contributed by atoms with E-state index in [4.69, 9.17) is 0 Å². The van der Waals surface area contributed by atoms with Gasteiger partial charge in [-0.05, 0) is 42.2 Å². The van der Waals surface area contributed by atoms with Crippen molar-refractivity contribution < 1.29 is 13.2 Å². The number of rotatable bonds is 7. The number of sulfonamides is 1. The van der Waals surface area contributed by atoms with Crippen LogP contribution in [0.15, 0.2) is 57.9 Å². The van der Waals surface area contributed by atoms with E-state index in [-0.39, 0.29) is 29.3 Å². The third-order valence-corrected chi connectivity index (χ3v) is 6.40. The number of hydrogen-bond acceptors (Lipinski definition) is 3. The summed E-state index contributed by atoms with van der Waals surface area (Å²) in [7, 11) is -3.81. The Morgan fingerprint density at radius 1 is 1.04 bits per heavy atom. The van der Waals surface area contributed by atoms with Crippen molar-refractivity contribution in [1.82, 2.24) is 9.62 Å². The lowest BCUT2D eigenvalue weighted by molar-refractivity contribution is -0.121. The lowest BCUT2D eigenvalue weighted by atomic mass is 9.97. The van der Waals surface area contributed by atoms with Gasteiger partial charge in [-0.25, -0.2) is 8.42 Å². The number of benzene rings is 2. The molecule has 0 saturated carbocycles. The zero-order valence-corrected chi connectivity index (χ0v) is 19.1. The maximum absolute atomic E-state index is 13.2. The zero-order chi connectivity index (χ0) is 20.9. The van der Waals surface area contributed by atoms with Crippen LogP contribution in [0.1, 0.15) is 31.9 Å². The molecular weight excluding hydrogens is 440 g/mol. The predicted octanol–water partition coefficient (Wildman–Crippen LogP) is 4.11. The molecule has 0 saturated heterocycles. The van der Waals surface area contributed by atoms with Crippen LogP contribution in [-0.2, 0) is 21.4 Å². The van der Waals surface area contributed by atoms with Crippen LogP contribution in [0.3, 0.4) is 0 Å². The molecule has 0 unspecified atom stereocenters. The summed E-state index contributed by atoms with van der Waals surface area (Å²) in [6, 6.07) is 14.0. The molecule has 0 radical (unpaired) electrons. The molecule has 0 atom stereocenters. The van der Waals surface area contributed by atoms with Crippen molar-refractivity contribution in [3.05, 3.63) is 64.1 Å². The second-order valence-electron chi connectivity index (χ2n) is 8.05. The molecule has 0 aromatic heterocycles. The number of nitrogens with one attached hydrogen (secondary N) is 1. The summed E-state index contributed by atoms with van der Waals surface area (Å²) >= 11 is 3.38. The number of hydrogen-bond donors (Lipinski definition) is 1. The molecule has 152 valence electrons. The molecule has 5 nitrogen and oxygen atoms in total. The van der Waals surface area contributed by atoms with Crippen molar-refractivity contribution in [2.75, 3.05) is 13.1 Å². The van der Waals surface area contributed by atoms with Gasteiger partial charge < -0.3 is 5.32 Å². The highest BCUT2D eigenvalue weighted by molar-refractivity contribution is 9.10. The quantitative estimate of drug-likeness (QED) is 0.667. The van der Waals surface area contributed by atoms with Gasteiger partial charge in [0.05, 0.1) is 11.4 Å². The summed E-state index contributed by atoms with van der Waals surface area (Å²) < 4.78 is 28.5. The van der Waals surface area contributed by atoms with E-state index in [0.717, 1.165) is 15.6 Å². The van der Waals surface area contributed by atoms with Crippen LogP contribution in [0.4, 0.5) is 0 Å². The Labute approximate surface area is 176 Å². The minimum absolute atomic E-state index is 0.0813. The Morgan fingerprint density at radius 2 is 1.61 bits per heavy atom. The fourth-order valence-corrected chi connectivity index (χ4v) is 4.11. The molecule has 0 aliphatic rings. The molecule has 7 heteroatoms. The molecular formula is C21H27BrN2O3S. The van der Waals surface area contributed by atoms with Crippen LogP contribution >= 0.6 is 15.9 Å². The maximum Gasteiger partial charge on any atom is 0.243 e. The lowest BCUT2D eigenvalue weighted by Gasteiger charge is -2.24. The SMILES string of the molecule is Cc1ccc(S(=O)(=O)N(CC(=O)NCC(C)(C)C)Cc2ccc(Br)cc2)cc1. The van der Waals surface area contributed by atoms with Gasteiger partial charge in [-0.2, -0.15) is 4.31 Å². The van der Waals surface area contributed by atoms with E-state index in [0.29, 0.717) is 6.54 Å². The first-order valence-electron chi connectivity index (χ1n) is 9.05. The second-order valence-corrected chi connectivity index (χ2v) is 10.9. The van der Waals surface area contributed by atoms with Gasteiger partial charge in [0.25, 0.3) is 0 Å². The minimum atomic E-state index is -3.81. The van der Waals surface area contributed by atoms with Gasteiger partial charge in [0.15, 0.2) is 0 Å². The number of nitrogens with zero attached hydrogens (tertiary/aromatic N) is 1. The first-order chi connectivity index (χ1) is 13.0. The van der Waals surface area contributed by atoms with Crippen molar-refractivity contribution in [2.45, 2.75) is 39.1 Å². The van der Waals surface area contributed by atoms with Gasteiger partial charge in [0, 0.05) is 17.6 Å². The molecule has 1 N–H and O–H groups in total. The Morgan fingerprint density at radius 3 is 2.14 bits per heavy atom. The third-order valence-electron chi connectivity index (χ3n) is 4.07. The Bertz CT molecular complexity index is 902. The molecule has 0 heterocycles. The van der Waals surface area contributed by atoms with Gasteiger partial charge in [0.2, 0.25) is 15.9 Å². The smallest absolute Gasteiger partial charge is 0.243 e. The summed E-state index contributed by atoms with van der Waals surface area (Å²) in [4.78, 5) is 12.6. The van der Waals surface area contributed by atoms with Crippen molar-refractivity contribution in [3.8, 4) is 0 Å². The van der Waals surface area contributed by atoms with E-state index in [9.17, 15) is 13.2 Å². The van der Waals surface area contributed by atoms with E-state index in [2.05, 4.69) is 21.2 Å². The lowest BCUT2D eigenvalue weighted by Crippen LogP contribution is -2.42. The monoisotopic (exact) mass is 466 g/mol. The number of carbonyl (C=O) groups is 1. The van der Waals surface area contributed by atoms with Crippen LogP contribution in [0.25, 0.3) is 0 Å². The standard InChI is InChI=1S/C21H27BrN2O3S/c1-16-5-11-19(12-6-16)28(26,27)24(13-17-7-9-18(22)10-8-17)14-20(25)23-15-21(2,3)4/h5-12H,13-15H2,1-4H3,(H,23,25). The fourth-order valence-electron chi connectivity index (χ4n) is 2.46. The van der Waals surface area contributed by atoms with Crippen molar-refractivity contribution >= 4 is 31.9 Å². The van der Waals surface area contributed by atoms with Gasteiger partial charge >= 0.3 is 0 Å². The van der Waals surface area contributed by atoms with E-state index in [1.165, 1.54) is 4.31 Å². The summed E-state index contributed by atoms with van der Waals surface area (Å²) in [5.41, 5.74) is 1.70. The molecule has 0 aliphatic carbocycles. The molecule has 28 heavy (non-hydrogen) atoms. The van der Waals surface area contributed by atoms with E-state index in [1.807, 2.05) is 52.0 Å². The number of halogens is 1. The van der Waals surface area contributed by atoms with Gasteiger partial charge in [-0.1, -0.05) is 66.5 Å². The van der Waals surface area contributed by atoms with Gasteiger partial charge in [-0.3, -0.25) is 4.79 Å². The number of aryl methyl sites for hydroxylation is 1. The largest absolute Gasteiger partial charge is 0.354 e. The van der Waals surface area contributed by atoms with Crippen molar-refractivity contribution in [1.29, 1.82) is 0 Å². The predicted molar refractivity (Wildman–Crippen MR) is 115 cm³/mol. The molecule has 2 aromatic rings. The van der Waals surface area contributed by atoms with Crippen LogP contribution < -0.4 is 5.32 Å². The van der Waals surface area contributed by atoms with Crippen LogP contribution in [0.5, 0.6) is 0 Å². The van der Waals surface area contributed by atoms with E-state index < -0.39 is 10.0 Å².